The molecule has 0 spiro atoms. The van der Waals surface area contributed by atoms with Gasteiger partial charge < -0.3 is 0 Å². The maximum absolute atomic E-state index is 12.9. The second-order valence-electron chi connectivity index (χ2n) is 7.47. The fraction of sp³-hybridized carbons (Fsp3) is 0.476. The number of carbonyl (C=O) groups is 1. The molecular weight excluding hydrogens is 310 g/mol. The van der Waals surface area contributed by atoms with E-state index >= 15 is 0 Å². The first-order valence-electron chi connectivity index (χ1n) is 9.33. The second-order valence-corrected chi connectivity index (χ2v) is 7.47. The number of Topliss-reactive ketones (excluding diaryl/α,β-unsaturated/α-hetero) is 1. The molecule has 2 aliphatic rings. The third kappa shape index (κ3) is 3.49. The molecule has 4 heteroatoms. The van der Waals surface area contributed by atoms with Crippen LogP contribution in [0.4, 0.5) is 0 Å². The van der Waals surface area contributed by atoms with Gasteiger partial charge in [-0.2, -0.15) is 0 Å². The number of fused-ring (bicyclic) bond motifs is 2. The number of aromatic nitrogens is 2. The molecule has 0 saturated carbocycles. The Morgan fingerprint density at radius 3 is 2.52 bits per heavy atom. The van der Waals surface area contributed by atoms with Crippen molar-refractivity contribution in [2.45, 2.75) is 57.7 Å². The summed E-state index contributed by atoms with van der Waals surface area (Å²) in [4.78, 5) is 24.1. The number of piperidine rings is 2. The Morgan fingerprint density at radius 1 is 1.12 bits per heavy atom. The normalized spacial score (nSPS) is 26.4. The lowest BCUT2D eigenvalue weighted by Crippen LogP contribution is -2.52. The third-order valence-corrected chi connectivity index (χ3v) is 5.71. The molecule has 2 atom stereocenters. The highest BCUT2D eigenvalue weighted by Gasteiger charge is 2.40. The van der Waals surface area contributed by atoms with Crippen molar-refractivity contribution in [3.8, 4) is 0 Å². The van der Waals surface area contributed by atoms with Gasteiger partial charge in [0.05, 0.1) is 11.9 Å². The summed E-state index contributed by atoms with van der Waals surface area (Å²) in [7, 11) is 0. The van der Waals surface area contributed by atoms with Crippen LogP contribution in [0.15, 0.2) is 42.7 Å². The lowest BCUT2D eigenvalue weighted by molar-refractivity contribution is 0.00890. The SMILES string of the molecule is Cc1cncc(C(=O)C2CC3CCCC(C2)N3Cc2ccccc2)n1. The third-order valence-electron chi connectivity index (χ3n) is 5.71. The molecule has 130 valence electrons. The number of ketones is 1. The summed E-state index contributed by atoms with van der Waals surface area (Å²) >= 11 is 0. The Balaban J connectivity index is 1.50. The maximum atomic E-state index is 12.9. The predicted molar refractivity (Wildman–Crippen MR) is 97.2 cm³/mol. The summed E-state index contributed by atoms with van der Waals surface area (Å²) in [5, 5.41) is 0. The number of hydrogen-bond acceptors (Lipinski definition) is 4. The first kappa shape index (κ1) is 16.4. The average molecular weight is 335 g/mol. The first-order chi connectivity index (χ1) is 12.2. The molecule has 2 saturated heterocycles. The number of aryl methyl sites for hydroxylation is 1. The standard InChI is InChI=1S/C21H25N3O/c1-15-12-22-13-20(23-15)21(25)17-10-18-8-5-9-19(11-17)24(18)14-16-6-3-2-4-7-16/h2-4,6-7,12-13,17-19H,5,8-11,14H2,1H3. The summed E-state index contributed by atoms with van der Waals surface area (Å²) in [6.45, 7) is 2.89. The van der Waals surface area contributed by atoms with Crippen molar-refractivity contribution in [3.05, 3.63) is 59.7 Å². The van der Waals surface area contributed by atoms with E-state index in [1.807, 2.05) is 6.92 Å². The highest BCUT2D eigenvalue weighted by Crippen LogP contribution is 2.39. The van der Waals surface area contributed by atoms with Gasteiger partial charge in [0.25, 0.3) is 0 Å². The van der Waals surface area contributed by atoms with Crippen molar-refractivity contribution in [2.24, 2.45) is 5.92 Å². The number of rotatable bonds is 4. The van der Waals surface area contributed by atoms with Gasteiger partial charge in [-0.1, -0.05) is 36.8 Å². The Morgan fingerprint density at radius 2 is 1.84 bits per heavy atom. The molecular formula is C21H25N3O. The van der Waals surface area contributed by atoms with E-state index in [4.69, 9.17) is 0 Å². The Kier molecular flexibility index (Phi) is 4.62. The van der Waals surface area contributed by atoms with Gasteiger partial charge in [-0.05, 0) is 38.2 Å². The zero-order valence-electron chi connectivity index (χ0n) is 14.8. The van der Waals surface area contributed by atoms with Gasteiger partial charge in [0.15, 0.2) is 5.78 Å². The fourth-order valence-corrected chi connectivity index (χ4v) is 4.54. The van der Waals surface area contributed by atoms with Gasteiger partial charge in [-0.25, -0.2) is 4.98 Å². The minimum Gasteiger partial charge on any atom is -0.293 e. The van der Waals surface area contributed by atoms with Crippen molar-refractivity contribution in [1.82, 2.24) is 14.9 Å². The Labute approximate surface area is 149 Å². The zero-order chi connectivity index (χ0) is 17.2. The predicted octanol–water partition coefficient (Wildman–Crippen LogP) is 3.80. The molecule has 25 heavy (non-hydrogen) atoms. The smallest absolute Gasteiger partial charge is 0.185 e. The lowest BCUT2D eigenvalue weighted by Gasteiger charge is -2.48. The highest BCUT2D eigenvalue weighted by atomic mass is 16.1. The summed E-state index contributed by atoms with van der Waals surface area (Å²) in [6.07, 6.45) is 8.93. The molecule has 2 bridgehead atoms. The molecule has 2 fully saturated rings. The molecule has 1 aromatic carbocycles. The monoisotopic (exact) mass is 335 g/mol. The summed E-state index contributed by atoms with van der Waals surface area (Å²) in [5.41, 5.74) is 2.72. The van der Waals surface area contributed by atoms with Gasteiger partial charge in [-0.3, -0.25) is 14.7 Å². The minimum atomic E-state index is 0.0958. The molecule has 4 nitrogen and oxygen atoms in total. The topological polar surface area (TPSA) is 46.1 Å². The second kappa shape index (κ2) is 7.04. The molecule has 0 N–H and O–H groups in total. The van der Waals surface area contributed by atoms with E-state index in [1.54, 1.807) is 12.4 Å². The molecule has 3 heterocycles. The number of carbonyl (C=O) groups excluding carboxylic acids is 1. The van der Waals surface area contributed by atoms with E-state index in [0.717, 1.165) is 25.1 Å². The molecule has 0 radical (unpaired) electrons. The Bertz CT molecular complexity index is 732. The van der Waals surface area contributed by atoms with Crippen molar-refractivity contribution >= 4 is 5.78 Å². The lowest BCUT2D eigenvalue weighted by atomic mass is 9.76. The van der Waals surface area contributed by atoms with E-state index < -0.39 is 0 Å². The van der Waals surface area contributed by atoms with Crippen molar-refractivity contribution in [3.63, 3.8) is 0 Å². The van der Waals surface area contributed by atoms with Gasteiger partial charge in [0.1, 0.15) is 5.69 Å². The molecule has 0 amide bonds. The summed E-state index contributed by atoms with van der Waals surface area (Å²) in [6, 6.07) is 11.7. The van der Waals surface area contributed by atoms with Gasteiger partial charge in [0.2, 0.25) is 0 Å². The van der Waals surface area contributed by atoms with Crippen molar-refractivity contribution in [1.29, 1.82) is 0 Å². The van der Waals surface area contributed by atoms with Crippen LogP contribution in [0.1, 0.15) is 53.8 Å². The van der Waals surface area contributed by atoms with Gasteiger partial charge >= 0.3 is 0 Å². The van der Waals surface area contributed by atoms with Crippen LogP contribution in [0, 0.1) is 12.8 Å². The number of hydrogen-bond donors (Lipinski definition) is 0. The van der Waals surface area contributed by atoms with Crippen LogP contribution < -0.4 is 0 Å². The van der Waals surface area contributed by atoms with Crippen LogP contribution in [-0.2, 0) is 6.54 Å². The van der Waals surface area contributed by atoms with Crippen molar-refractivity contribution < 1.29 is 4.79 Å². The van der Waals surface area contributed by atoms with Gasteiger partial charge in [-0.15, -0.1) is 0 Å². The molecule has 2 aliphatic heterocycles. The van der Waals surface area contributed by atoms with Crippen LogP contribution >= 0.6 is 0 Å². The quantitative estimate of drug-likeness (QED) is 0.797. The van der Waals surface area contributed by atoms with Crippen LogP contribution in [0.5, 0.6) is 0 Å². The molecule has 1 aromatic heterocycles. The fourth-order valence-electron chi connectivity index (χ4n) is 4.54. The van der Waals surface area contributed by atoms with E-state index in [0.29, 0.717) is 17.8 Å². The molecule has 2 aromatic rings. The highest BCUT2D eigenvalue weighted by molar-refractivity contribution is 5.96. The van der Waals surface area contributed by atoms with E-state index in [9.17, 15) is 4.79 Å². The van der Waals surface area contributed by atoms with E-state index in [-0.39, 0.29) is 11.7 Å². The van der Waals surface area contributed by atoms with Crippen LogP contribution in [0.25, 0.3) is 0 Å². The number of nitrogens with zero attached hydrogens (tertiary/aromatic N) is 3. The molecule has 2 unspecified atom stereocenters. The number of benzene rings is 1. The van der Waals surface area contributed by atoms with Crippen molar-refractivity contribution in [2.75, 3.05) is 0 Å². The summed E-state index contributed by atoms with van der Waals surface area (Å²) in [5.74, 6) is 0.283. The van der Waals surface area contributed by atoms with Crippen LogP contribution in [0.3, 0.4) is 0 Å². The largest absolute Gasteiger partial charge is 0.293 e. The van der Waals surface area contributed by atoms with Gasteiger partial charge in [0, 0.05) is 30.7 Å². The Hall–Kier alpha value is -2.07. The minimum absolute atomic E-state index is 0.0958. The first-order valence-corrected chi connectivity index (χ1v) is 9.33. The maximum Gasteiger partial charge on any atom is 0.185 e. The van der Waals surface area contributed by atoms with Crippen LogP contribution in [0.2, 0.25) is 0 Å². The molecule has 4 rings (SSSR count). The zero-order valence-corrected chi connectivity index (χ0v) is 14.8. The average Bonchev–Trinajstić information content (AvgIpc) is 2.62. The van der Waals surface area contributed by atoms with Crippen LogP contribution in [-0.4, -0.2) is 32.7 Å². The summed E-state index contributed by atoms with van der Waals surface area (Å²) < 4.78 is 0. The van der Waals surface area contributed by atoms with E-state index in [2.05, 4.69) is 45.2 Å². The molecule has 0 aliphatic carbocycles. The van der Waals surface area contributed by atoms with E-state index in [1.165, 1.54) is 24.8 Å².